The molecule has 1 N–H and O–H groups in total. The van der Waals surface area contributed by atoms with Crippen LogP contribution in [0.4, 0.5) is 0 Å². The third-order valence-electron chi connectivity index (χ3n) is 4.12. The lowest BCUT2D eigenvalue weighted by molar-refractivity contribution is 0.141. The summed E-state index contributed by atoms with van der Waals surface area (Å²) in [5.74, 6) is 1.15. The van der Waals surface area contributed by atoms with E-state index in [1.807, 2.05) is 6.92 Å². The summed E-state index contributed by atoms with van der Waals surface area (Å²) in [6.45, 7) is 6.88. The van der Waals surface area contributed by atoms with Gasteiger partial charge in [-0.2, -0.15) is 0 Å². The first-order chi connectivity index (χ1) is 10.3. The van der Waals surface area contributed by atoms with Gasteiger partial charge in [0.2, 0.25) is 0 Å². The molecule has 3 nitrogen and oxygen atoms in total. The molecule has 0 fully saturated rings. The van der Waals surface area contributed by atoms with Gasteiger partial charge in [-0.1, -0.05) is 58.1 Å². The summed E-state index contributed by atoms with van der Waals surface area (Å²) in [7, 11) is 0. The topological polar surface area (TPSA) is 35.8 Å². The van der Waals surface area contributed by atoms with Crippen LogP contribution in [-0.2, 0) is 0 Å². The Bertz CT molecular complexity index is 312. The van der Waals surface area contributed by atoms with Crippen molar-refractivity contribution in [2.24, 2.45) is 4.99 Å². The fraction of sp³-hybridized carbons (Fsp3) is 0.833. The van der Waals surface area contributed by atoms with Crippen LogP contribution in [-0.4, -0.2) is 41.6 Å². The molecule has 0 aromatic carbocycles. The van der Waals surface area contributed by atoms with E-state index in [1.54, 1.807) is 0 Å². The highest BCUT2D eigenvalue weighted by Crippen LogP contribution is 2.10. The summed E-state index contributed by atoms with van der Waals surface area (Å²) in [5.41, 5.74) is 0. The molecule has 122 valence electrons. The Morgan fingerprint density at radius 3 is 2.67 bits per heavy atom. The smallest absolute Gasteiger partial charge is 0.103 e. The van der Waals surface area contributed by atoms with E-state index in [9.17, 15) is 5.11 Å². The second-order valence-corrected chi connectivity index (χ2v) is 6.04. The average molecular weight is 294 g/mol. The lowest BCUT2D eigenvalue weighted by Gasteiger charge is -2.22. The molecule has 1 unspecified atom stereocenters. The number of β-amino-alcohol motifs (C(OH)–C–C–N with tert-alkyl or cyclic N) is 1. The summed E-state index contributed by atoms with van der Waals surface area (Å²) in [6, 6.07) is 0. The molecule has 0 bridgehead atoms. The molecule has 1 aliphatic rings. The molecule has 0 aromatic rings. The number of amidine groups is 1. The van der Waals surface area contributed by atoms with Gasteiger partial charge in [-0.15, -0.1) is 0 Å². The van der Waals surface area contributed by atoms with Gasteiger partial charge in [0.1, 0.15) is 5.84 Å². The quantitative estimate of drug-likeness (QED) is 0.433. The Kier molecular flexibility index (Phi) is 10.2. The molecule has 0 aliphatic carbocycles. The number of aliphatic hydroxyl groups excluding tert-OH is 1. The Hall–Kier alpha value is -0.830. The molecule has 1 atom stereocenters. The van der Waals surface area contributed by atoms with Gasteiger partial charge < -0.3 is 10.0 Å². The number of rotatable bonds is 12. The van der Waals surface area contributed by atoms with Crippen molar-refractivity contribution < 1.29 is 5.11 Å². The lowest BCUT2D eigenvalue weighted by Crippen LogP contribution is -2.34. The van der Waals surface area contributed by atoms with E-state index in [0.717, 1.165) is 38.3 Å². The van der Waals surface area contributed by atoms with E-state index in [1.165, 1.54) is 44.9 Å². The Balaban J connectivity index is 2.09. The minimum Gasteiger partial charge on any atom is -0.391 e. The highest BCUT2D eigenvalue weighted by atomic mass is 16.3. The molecule has 0 radical (unpaired) electrons. The van der Waals surface area contributed by atoms with E-state index in [0.29, 0.717) is 0 Å². The van der Waals surface area contributed by atoms with Crippen LogP contribution in [0.3, 0.4) is 0 Å². The predicted octanol–water partition coefficient (Wildman–Crippen LogP) is 4.17. The maximum absolute atomic E-state index is 9.75. The molecule has 21 heavy (non-hydrogen) atoms. The maximum atomic E-state index is 9.75. The summed E-state index contributed by atoms with van der Waals surface area (Å²) < 4.78 is 0. The number of hydrogen-bond acceptors (Lipinski definition) is 3. The standard InChI is InChI=1S/C18H34N2O/c1-3-5-6-7-8-9-10-11-12-13-18-19-14-15-20(18)16-17(21)4-2/h11-12,17,21H,3-10,13-16H2,1-2H3. The normalized spacial score (nSPS) is 16.7. The Morgan fingerprint density at radius 2 is 1.90 bits per heavy atom. The summed E-state index contributed by atoms with van der Waals surface area (Å²) in [4.78, 5) is 6.79. The van der Waals surface area contributed by atoms with Crippen molar-refractivity contribution in [1.82, 2.24) is 4.90 Å². The monoisotopic (exact) mass is 294 g/mol. The van der Waals surface area contributed by atoms with E-state index in [2.05, 4.69) is 29.0 Å². The van der Waals surface area contributed by atoms with Crippen LogP contribution in [0.2, 0.25) is 0 Å². The molecule has 3 heteroatoms. The third kappa shape index (κ3) is 8.25. The number of aliphatic imine (C=N–C) groups is 1. The van der Waals surface area contributed by atoms with E-state index in [-0.39, 0.29) is 6.10 Å². The molecular formula is C18H34N2O. The molecule has 0 saturated heterocycles. The number of allylic oxidation sites excluding steroid dienone is 1. The van der Waals surface area contributed by atoms with Gasteiger partial charge in [0.15, 0.2) is 0 Å². The molecular weight excluding hydrogens is 260 g/mol. The molecule has 1 heterocycles. The SMILES string of the molecule is CCCCCCCCC=CCC1=NCCN1CC(O)CC. The van der Waals surface area contributed by atoms with Gasteiger partial charge in [-0.3, -0.25) is 4.99 Å². The first-order valence-electron chi connectivity index (χ1n) is 8.89. The molecule has 0 aromatic heterocycles. The van der Waals surface area contributed by atoms with Crippen LogP contribution in [0.15, 0.2) is 17.1 Å². The zero-order chi connectivity index (χ0) is 15.3. The maximum Gasteiger partial charge on any atom is 0.103 e. The highest BCUT2D eigenvalue weighted by molar-refractivity contribution is 5.85. The number of unbranched alkanes of at least 4 members (excludes halogenated alkanes) is 6. The predicted molar refractivity (Wildman–Crippen MR) is 91.9 cm³/mol. The summed E-state index contributed by atoms with van der Waals surface area (Å²) in [5, 5.41) is 9.75. The van der Waals surface area contributed by atoms with E-state index < -0.39 is 0 Å². The van der Waals surface area contributed by atoms with Gasteiger partial charge in [-0.05, 0) is 19.3 Å². The minimum atomic E-state index is -0.222. The van der Waals surface area contributed by atoms with Crippen molar-refractivity contribution in [2.45, 2.75) is 77.7 Å². The van der Waals surface area contributed by atoms with Gasteiger partial charge in [-0.25, -0.2) is 0 Å². The fourth-order valence-corrected chi connectivity index (χ4v) is 2.65. The van der Waals surface area contributed by atoms with Crippen LogP contribution < -0.4 is 0 Å². The molecule has 1 rings (SSSR count). The number of nitrogens with zero attached hydrogens (tertiary/aromatic N) is 2. The Morgan fingerprint density at radius 1 is 1.14 bits per heavy atom. The number of hydrogen-bond donors (Lipinski definition) is 1. The van der Waals surface area contributed by atoms with E-state index >= 15 is 0 Å². The molecule has 0 amide bonds. The van der Waals surface area contributed by atoms with Gasteiger partial charge in [0.05, 0.1) is 12.6 Å². The fourth-order valence-electron chi connectivity index (χ4n) is 2.65. The van der Waals surface area contributed by atoms with Crippen LogP contribution >= 0.6 is 0 Å². The minimum absolute atomic E-state index is 0.222. The van der Waals surface area contributed by atoms with E-state index in [4.69, 9.17) is 0 Å². The lowest BCUT2D eigenvalue weighted by atomic mass is 10.1. The van der Waals surface area contributed by atoms with Crippen LogP contribution in [0.1, 0.15) is 71.6 Å². The average Bonchev–Trinajstić information content (AvgIpc) is 2.92. The second kappa shape index (κ2) is 11.8. The van der Waals surface area contributed by atoms with Crippen LogP contribution in [0.5, 0.6) is 0 Å². The molecule has 0 spiro atoms. The summed E-state index contributed by atoms with van der Waals surface area (Å²) in [6.07, 6.45) is 15.4. The van der Waals surface area contributed by atoms with Crippen molar-refractivity contribution in [1.29, 1.82) is 0 Å². The largest absolute Gasteiger partial charge is 0.391 e. The van der Waals surface area contributed by atoms with Gasteiger partial charge in [0, 0.05) is 19.5 Å². The van der Waals surface area contributed by atoms with Crippen molar-refractivity contribution in [3.8, 4) is 0 Å². The number of aliphatic hydroxyl groups is 1. The van der Waals surface area contributed by atoms with Crippen molar-refractivity contribution >= 4 is 5.84 Å². The van der Waals surface area contributed by atoms with Crippen molar-refractivity contribution in [2.75, 3.05) is 19.6 Å². The zero-order valence-corrected chi connectivity index (χ0v) is 14.1. The second-order valence-electron chi connectivity index (χ2n) is 6.04. The Labute approximate surface area is 131 Å². The first-order valence-corrected chi connectivity index (χ1v) is 8.89. The van der Waals surface area contributed by atoms with Gasteiger partial charge >= 0.3 is 0 Å². The third-order valence-corrected chi connectivity index (χ3v) is 4.12. The van der Waals surface area contributed by atoms with Crippen molar-refractivity contribution in [3.63, 3.8) is 0 Å². The van der Waals surface area contributed by atoms with Crippen LogP contribution in [0.25, 0.3) is 0 Å². The highest BCUT2D eigenvalue weighted by Gasteiger charge is 2.17. The molecule has 1 aliphatic heterocycles. The zero-order valence-electron chi connectivity index (χ0n) is 14.1. The van der Waals surface area contributed by atoms with Crippen LogP contribution in [0, 0.1) is 0 Å². The first kappa shape index (κ1) is 18.2. The summed E-state index contributed by atoms with van der Waals surface area (Å²) >= 11 is 0. The van der Waals surface area contributed by atoms with Gasteiger partial charge in [0.25, 0.3) is 0 Å². The molecule has 0 saturated carbocycles. The van der Waals surface area contributed by atoms with Crippen molar-refractivity contribution in [3.05, 3.63) is 12.2 Å².